The molecule has 0 aromatic heterocycles. The van der Waals surface area contributed by atoms with Crippen LogP contribution in [0.4, 0.5) is 15.8 Å². The molecule has 0 unspecified atom stereocenters. The predicted octanol–water partition coefficient (Wildman–Crippen LogP) is 4.81. The standard InChI is InChI=1S/C24H24FN3O3/c1-15(2)28(3)22-13-8-18(14-21(22)25)27-24(30)17-6-11-20(12-7-17)31-19-9-4-16(5-10-19)23(26)29/h4-15H,1-3H3,(H2,26,29)(H,27,30). The van der Waals surface area contributed by atoms with Crippen molar-refractivity contribution in [2.75, 3.05) is 17.3 Å². The first-order chi connectivity index (χ1) is 14.7. The number of halogens is 1. The molecule has 3 rings (SSSR count). The normalized spacial score (nSPS) is 10.6. The summed E-state index contributed by atoms with van der Waals surface area (Å²) >= 11 is 0. The zero-order chi connectivity index (χ0) is 22.5. The van der Waals surface area contributed by atoms with Gasteiger partial charge < -0.3 is 20.7 Å². The number of nitrogens with two attached hydrogens (primary N) is 1. The highest BCUT2D eigenvalue weighted by molar-refractivity contribution is 6.04. The SMILES string of the molecule is CC(C)N(C)c1ccc(NC(=O)c2ccc(Oc3ccc(C(N)=O)cc3)cc2)cc1F. The van der Waals surface area contributed by atoms with E-state index in [-0.39, 0.29) is 11.9 Å². The fourth-order valence-corrected chi connectivity index (χ4v) is 2.85. The van der Waals surface area contributed by atoms with Gasteiger partial charge in [0.05, 0.1) is 5.69 Å². The second kappa shape index (κ2) is 9.30. The number of rotatable bonds is 7. The van der Waals surface area contributed by atoms with Crippen LogP contribution < -0.4 is 20.7 Å². The minimum Gasteiger partial charge on any atom is -0.457 e. The molecule has 3 N–H and O–H groups in total. The molecule has 31 heavy (non-hydrogen) atoms. The smallest absolute Gasteiger partial charge is 0.255 e. The first kappa shape index (κ1) is 21.8. The summed E-state index contributed by atoms with van der Waals surface area (Å²) in [7, 11) is 1.82. The van der Waals surface area contributed by atoms with Crippen molar-refractivity contribution in [3.8, 4) is 11.5 Å². The van der Waals surface area contributed by atoms with E-state index in [0.29, 0.717) is 34.0 Å². The number of carbonyl (C=O) groups is 2. The molecule has 7 heteroatoms. The van der Waals surface area contributed by atoms with Crippen molar-refractivity contribution in [1.82, 2.24) is 0 Å². The Labute approximate surface area is 180 Å². The molecule has 3 aromatic rings. The number of benzene rings is 3. The summed E-state index contributed by atoms with van der Waals surface area (Å²) in [5.74, 6) is -0.218. The van der Waals surface area contributed by atoms with Crippen molar-refractivity contribution >= 4 is 23.2 Å². The van der Waals surface area contributed by atoms with E-state index in [4.69, 9.17) is 10.5 Å². The van der Waals surface area contributed by atoms with Crippen LogP contribution in [0.25, 0.3) is 0 Å². The average molecular weight is 421 g/mol. The molecule has 0 aliphatic heterocycles. The molecule has 6 nitrogen and oxygen atoms in total. The van der Waals surface area contributed by atoms with Crippen LogP contribution in [0.3, 0.4) is 0 Å². The van der Waals surface area contributed by atoms with Crippen LogP contribution in [0.5, 0.6) is 11.5 Å². The lowest BCUT2D eigenvalue weighted by Crippen LogP contribution is -2.26. The van der Waals surface area contributed by atoms with Gasteiger partial charge in [-0.15, -0.1) is 0 Å². The van der Waals surface area contributed by atoms with E-state index in [0.717, 1.165) is 0 Å². The number of nitrogens with zero attached hydrogens (tertiary/aromatic N) is 1. The highest BCUT2D eigenvalue weighted by atomic mass is 19.1. The number of ether oxygens (including phenoxy) is 1. The van der Waals surface area contributed by atoms with Gasteiger partial charge >= 0.3 is 0 Å². The van der Waals surface area contributed by atoms with Crippen molar-refractivity contribution in [3.63, 3.8) is 0 Å². The molecule has 0 bridgehead atoms. The maximum atomic E-state index is 14.4. The third kappa shape index (κ3) is 5.39. The van der Waals surface area contributed by atoms with Crippen LogP contribution in [0.1, 0.15) is 34.6 Å². The van der Waals surface area contributed by atoms with Crippen LogP contribution in [0, 0.1) is 5.82 Å². The van der Waals surface area contributed by atoms with Gasteiger partial charge in [0, 0.05) is 29.9 Å². The average Bonchev–Trinajstić information content (AvgIpc) is 2.74. The lowest BCUT2D eigenvalue weighted by molar-refractivity contribution is 0.0997. The van der Waals surface area contributed by atoms with E-state index in [9.17, 15) is 14.0 Å². The van der Waals surface area contributed by atoms with Gasteiger partial charge in [-0.1, -0.05) is 0 Å². The first-order valence-electron chi connectivity index (χ1n) is 9.76. The summed E-state index contributed by atoms with van der Waals surface area (Å²) in [6.45, 7) is 3.94. The highest BCUT2D eigenvalue weighted by Crippen LogP contribution is 2.25. The maximum Gasteiger partial charge on any atom is 0.255 e. The maximum absolute atomic E-state index is 14.4. The van der Waals surface area contributed by atoms with Crippen molar-refractivity contribution in [3.05, 3.63) is 83.7 Å². The van der Waals surface area contributed by atoms with E-state index in [1.54, 1.807) is 60.7 Å². The molecule has 3 aromatic carbocycles. The molecule has 0 atom stereocenters. The number of hydrogen-bond acceptors (Lipinski definition) is 4. The summed E-state index contributed by atoms with van der Waals surface area (Å²) in [6, 6.07) is 17.7. The van der Waals surface area contributed by atoms with Gasteiger partial charge in [-0.25, -0.2) is 4.39 Å². The molecule has 0 saturated carbocycles. The largest absolute Gasteiger partial charge is 0.457 e. The second-order valence-electron chi connectivity index (χ2n) is 7.34. The highest BCUT2D eigenvalue weighted by Gasteiger charge is 2.13. The quantitative estimate of drug-likeness (QED) is 0.573. The van der Waals surface area contributed by atoms with Crippen molar-refractivity contribution in [2.24, 2.45) is 5.73 Å². The number of primary amides is 1. The zero-order valence-electron chi connectivity index (χ0n) is 17.6. The van der Waals surface area contributed by atoms with E-state index in [1.165, 1.54) is 6.07 Å². The topological polar surface area (TPSA) is 84.7 Å². The minimum atomic E-state index is -0.511. The van der Waals surface area contributed by atoms with E-state index < -0.39 is 11.7 Å². The fraction of sp³-hybridized carbons (Fsp3) is 0.167. The molecule has 0 heterocycles. The minimum absolute atomic E-state index is 0.150. The van der Waals surface area contributed by atoms with Crippen LogP contribution in [-0.4, -0.2) is 24.9 Å². The van der Waals surface area contributed by atoms with Crippen molar-refractivity contribution in [2.45, 2.75) is 19.9 Å². The Morgan fingerprint density at radius 1 is 0.935 bits per heavy atom. The van der Waals surface area contributed by atoms with Gasteiger partial charge in [0.1, 0.15) is 17.3 Å². The summed E-state index contributed by atoms with van der Waals surface area (Å²) < 4.78 is 20.1. The number of amides is 2. The van der Waals surface area contributed by atoms with Crippen LogP contribution >= 0.6 is 0 Å². The molecule has 0 aliphatic carbocycles. The third-order valence-corrected chi connectivity index (χ3v) is 4.85. The Morgan fingerprint density at radius 2 is 1.48 bits per heavy atom. The van der Waals surface area contributed by atoms with Crippen LogP contribution in [0.15, 0.2) is 66.7 Å². The Hall–Kier alpha value is -3.87. The van der Waals surface area contributed by atoms with Gasteiger partial charge in [0.15, 0.2) is 0 Å². The first-order valence-corrected chi connectivity index (χ1v) is 9.76. The molecule has 2 amide bonds. The summed E-state index contributed by atoms with van der Waals surface area (Å²) in [6.07, 6.45) is 0. The molecule has 0 spiro atoms. The molecule has 0 saturated heterocycles. The Bertz CT molecular complexity index is 1080. The number of nitrogens with one attached hydrogen (secondary N) is 1. The summed E-state index contributed by atoms with van der Waals surface area (Å²) in [4.78, 5) is 25.4. The fourth-order valence-electron chi connectivity index (χ4n) is 2.85. The number of carbonyl (C=O) groups excluding carboxylic acids is 2. The molecule has 0 radical (unpaired) electrons. The molecule has 0 aliphatic rings. The molecular weight excluding hydrogens is 397 g/mol. The Morgan fingerprint density at radius 3 is 1.97 bits per heavy atom. The number of anilines is 2. The Balaban J connectivity index is 1.65. The van der Waals surface area contributed by atoms with E-state index in [1.807, 2.05) is 25.8 Å². The molecule has 0 fully saturated rings. The monoisotopic (exact) mass is 421 g/mol. The second-order valence-corrected chi connectivity index (χ2v) is 7.34. The van der Waals surface area contributed by atoms with Gasteiger partial charge in [0.25, 0.3) is 5.91 Å². The summed E-state index contributed by atoms with van der Waals surface area (Å²) in [5, 5.41) is 2.70. The summed E-state index contributed by atoms with van der Waals surface area (Å²) in [5.41, 5.74) is 6.85. The van der Waals surface area contributed by atoms with Crippen molar-refractivity contribution < 1.29 is 18.7 Å². The van der Waals surface area contributed by atoms with Crippen LogP contribution in [-0.2, 0) is 0 Å². The van der Waals surface area contributed by atoms with Crippen molar-refractivity contribution in [1.29, 1.82) is 0 Å². The lowest BCUT2D eigenvalue weighted by atomic mass is 10.2. The van der Waals surface area contributed by atoms with Gasteiger partial charge in [-0.2, -0.15) is 0 Å². The molecule has 160 valence electrons. The van der Waals surface area contributed by atoms with Gasteiger partial charge in [-0.05, 0) is 80.6 Å². The molecular formula is C24H24FN3O3. The van der Waals surface area contributed by atoms with E-state index in [2.05, 4.69) is 5.32 Å². The van der Waals surface area contributed by atoms with Gasteiger partial charge in [0.2, 0.25) is 5.91 Å². The van der Waals surface area contributed by atoms with Gasteiger partial charge in [-0.3, -0.25) is 9.59 Å². The predicted molar refractivity (Wildman–Crippen MR) is 119 cm³/mol. The van der Waals surface area contributed by atoms with Crippen LogP contribution in [0.2, 0.25) is 0 Å². The number of hydrogen-bond donors (Lipinski definition) is 2. The Kier molecular flexibility index (Phi) is 6.55. The third-order valence-electron chi connectivity index (χ3n) is 4.85. The zero-order valence-corrected chi connectivity index (χ0v) is 17.6. The van der Waals surface area contributed by atoms with E-state index >= 15 is 0 Å². The lowest BCUT2D eigenvalue weighted by Gasteiger charge is -2.24.